The van der Waals surface area contributed by atoms with Gasteiger partial charge in [-0.2, -0.15) is 0 Å². The van der Waals surface area contributed by atoms with Gasteiger partial charge < -0.3 is 8.83 Å². The van der Waals surface area contributed by atoms with Gasteiger partial charge in [0.1, 0.15) is 17.0 Å². The number of hydrogen-bond acceptors (Lipinski definition) is 4. The van der Waals surface area contributed by atoms with E-state index < -0.39 is 11.4 Å². The molecule has 0 saturated carbocycles. The predicted octanol–water partition coefficient (Wildman–Crippen LogP) is 5.88. The van der Waals surface area contributed by atoms with Gasteiger partial charge in [-0.25, -0.2) is 9.18 Å². The number of hydrogen-bond donors (Lipinski definition) is 0. The van der Waals surface area contributed by atoms with Crippen LogP contribution in [0.15, 0.2) is 86.4 Å². The average molecular weight is 398 g/mol. The van der Waals surface area contributed by atoms with Crippen molar-refractivity contribution in [1.29, 1.82) is 0 Å². The van der Waals surface area contributed by atoms with Gasteiger partial charge >= 0.3 is 5.63 Å². The van der Waals surface area contributed by atoms with Crippen LogP contribution in [0.3, 0.4) is 0 Å². The number of benzene rings is 3. The van der Waals surface area contributed by atoms with Gasteiger partial charge in [-0.3, -0.25) is 4.79 Å². The third kappa shape index (κ3) is 2.83. The third-order valence-corrected chi connectivity index (χ3v) is 5.15. The number of ketones is 1. The fourth-order valence-electron chi connectivity index (χ4n) is 3.73. The summed E-state index contributed by atoms with van der Waals surface area (Å²) in [5, 5.41) is 1.25. The molecule has 0 unspecified atom stereocenters. The van der Waals surface area contributed by atoms with Crippen LogP contribution in [0.25, 0.3) is 33.1 Å². The molecule has 0 radical (unpaired) electrons. The van der Waals surface area contributed by atoms with Gasteiger partial charge in [-0.1, -0.05) is 42.5 Å². The minimum atomic E-state index is -0.491. The fourth-order valence-corrected chi connectivity index (χ4v) is 3.73. The van der Waals surface area contributed by atoms with Crippen molar-refractivity contribution in [3.05, 3.63) is 106 Å². The van der Waals surface area contributed by atoms with Crippen LogP contribution >= 0.6 is 0 Å². The number of rotatable bonds is 3. The summed E-state index contributed by atoms with van der Waals surface area (Å²) in [5.41, 5.74) is 2.54. The average Bonchev–Trinajstić information content (AvgIpc) is 3.14. The largest absolute Gasteiger partial charge is 0.452 e. The maximum atomic E-state index is 13.6. The van der Waals surface area contributed by atoms with Gasteiger partial charge in [0, 0.05) is 22.6 Å². The molecule has 2 aromatic heterocycles. The molecule has 5 heteroatoms. The summed E-state index contributed by atoms with van der Waals surface area (Å²) < 4.78 is 25.1. The van der Waals surface area contributed by atoms with Gasteiger partial charge in [0.05, 0.1) is 5.39 Å². The second kappa shape index (κ2) is 6.81. The first-order valence-electron chi connectivity index (χ1n) is 9.38. The Hall–Kier alpha value is -3.99. The molecule has 0 fully saturated rings. The Labute approximate surface area is 170 Å². The fraction of sp³-hybridized carbons (Fsp3) is 0.0400. The van der Waals surface area contributed by atoms with Crippen LogP contribution in [0.2, 0.25) is 0 Å². The zero-order valence-corrected chi connectivity index (χ0v) is 15.9. The third-order valence-electron chi connectivity index (χ3n) is 5.15. The molecule has 3 aromatic carbocycles. The monoisotopic (exact) mass is 398 g/mol. The summed E-state index contributed by atoms with van der Waals surface area (Å²) in [4.78, 5) is 25.4. The van der Waals surface area contributed by atoms with Crippen molar-refractivity contribution >= 4 is 27.7 Å². The lowest BCUT2D eigenvalue weighted by Crippen LogP contribution is -2.01. The van der Waals surface area contributed by atoms with E-state index in [0.29, 0.717) is 33.2 Å². The summed E-state index contributed by atoms with van der Waals surface area (Å²) in [6, 6.07) is 19.5. The molecule has 0 aliphatic carbocycles. The summed E-state index contributed by atoms with van der Waals surface area (Å²) >= 11 is 0. The molecule has 30 heavy (non-hydrogen) atoms. The van der Waals surface area contributed by atoms with E-state index in [9.17, 15) is 14.0 Å². The number of fused-ring (bicyclic) bond motifs is 3. The Morgan fingerprint density at radius 3 is 2.37 bits per heavy atom. The summed E-state index contributed by atoms with van der Waals surface area (Å²) in [6.45, 7) is 1.82. The smallest absolute Gasteiger partial charge is 0.336 e. The lowest BCUT2D eigenvalue weighted by Gasteiger charge is -2.05. The molecule has 146 valence electrons. The highest BCUT2D eigenvalue weighted by atomic mass is 19.1. The standard InChI is InChI=1S/C25H15FO4/c1-14-13-20(27)30-24-18(14)11-12-19-22(24)21(15-7-9-17(26)10-8-15)25(29-19)23(28)16-5-3-2-4-6-16/h2-13H,1H3. The molecule has 0 aliphatic heterocycles. The normalized spacial score (nSPS) is 11.3. The van der Waals surface area contributed by atoms with Crippen molar-refractivity contribution in [3.63, 3.8) is 0 Å². The van der Waals surface area contributed by atoms with E-state index in [1.165, 1.54) is 18.2 Å². The molecule has 0 N–H and O–H groups in total. The Kier molecular flexibility index (Phi) is 4.10. The molecule has 5 rings (SSSR count). The zero-order valence-electron chi connectivity index (χ0n) is 15.9. The van der Waals surface area contributed by atoms with Crippen LogP contribution in [0.4, 0.5) is 4.39 Å². The Morgan fingerprint density at radius 1 is 0.900 bits per heavy atom. The van der Waals surface area contributed by atoms with Crippen LogP contribution in [-0.4, -0.2) is 5.78 Å². The molecule has 0 bridgehead atoms. The van der Waals surface area contributed by atoms with Crippen molar-refractivity contribution in [3.8, 4) is 11.1 Å². The van der Waals surface area contributed by atoms with E-state index in [2.05, 4.69) is 0 Å². The lowest BCUT2D eigenvalue weighted by atomic mass is 9.96. The molecule has 5 aromatic rings. The second-order valence-electron chi connectivity index (χ2n) is 7.07. The van der Waals surface area contributed by atoms with Crippen LogP contribution in [0.5, 0.6) is 0 Å². The molecule has 4 nitrogen and oxygen atoms in total. The van der Waals surface area contributed by atoms with E-state index in [0.717, 1.165) is 10.9 Å². The Morgan fingerprint density at radius 2 is 1.63 bits per heavy atom. The van der Waals surface area contributed by atoms with Crippen LogP contribution in [-0.2, 0) is 0 Å². The molecule has 0 spiro atoms. The van der Waals surface area contributed by atoms with Gasteiger partial charge in [0.2, 0.25) is 5.78 Å². The maximum absolute atomic E-state index is 13.6. The van der Waals surface area contributed by atoms with Crippen molar-refractivity contribution in [1.82, 2.24) is 0 Å². The van der Waals surface area contributed by atoms with E-state index in [-0.39, 0.29) is 11.5 Å². The quantitative estimate of drug-likeness (QED) is 0.281. The predicted molar refractivity (Wildman–Crippen MR) is 112 cm³/mol. The highest BCUT2D eigenvalue weighted by Crippen LogP contribution is 2.40. The highest BCUT2D eigenvalue weighted by Gasteiger charge is 2.25. The van der Waals surface area contributed by atoms with Crippen molar-refractivity contribution in [2.45, 2.75) is 6.92 Å². The van der Waals surface area contributed by atoms with Crippen LogP contribution in [0, 0.1) is 12.7 Å². The minimum Gasteiger partial charge on any atom is -0.452 e. The van der Waals surface area contributed by atoms with Gasteiger partial charge in [-0.05, 0) is 42.3 Å². The lowest BCUT2D eigenvalue weighted by molar-refractivity contribution is 0.101. The number of carbonyl (C=O) groups excluding carboxylic acids is 1. The zero-order chi connectivity index (χ0) is 20.8. The van der Waals surface area contributed by atoms with E-state index in [1.54, 1.807) is 48.5 Å². The van der Waals surface area contributed by atoms with Gasteiger partial charge in [0.15, 0.2) is 5.76 Å². The molecule has 2 heterocycles. The SMILES string of the molecule is Cc1cc(=O)oc2c1ccc1oc(C(=O)c3ccccc3)c(-c3ccc(F)cc3)c12. The first-order chi connectivity index (χ1) is 14.5. The van der Waals surface area contributed by atoms with Crippen LogP contribution in [0.1, 0.15) is 21.7 Å². The van der Waals surface area contributed by atoms with E-state index in [4.69, 9.17) is 8.83 Å². The first kappa shape index (κ1) is 18.1. The molecule has 0 amide bonds. The van der Waals surface area contributed by atoms with Crippen molar-refractivity contribution in [2.24, 2.45) is 0 Å². The molecular weight excluding hydrogens is 383 g/mol. The molecular formula is C25H15FO4. The molecule has 0 atom stereocenters. The van der Waals surface area contributed by atoms with Crippen molar-refractivity contribution < 1.29 is 18.0 Å². The summed E-state index contributed by atoms with van der Waals surface area (Å²) in [7, 11) is 0. The number of halogens is 1. The molecule has 0 saturated heterocycles. The molecule has 0 aliphatic rings. The first-order valence-corrected chi connectivity index (χ1v) is 9.38. The Balaban J connectivity index is 1.92. The van der Waals surface area contributed by atoms with Crippen LogP contribution < -0.4 is 5.63 Å². The minimum absolute atomic E-state index is 0.111. The summed E-state index contributed by atoms with van der Waals surface area (Å²) in [5.74, 6) is -0.594. The maximum Gasteiger partial charge on any atom is 0.336 e. The number of aryl methyl sites for hydroxylation is 1. The van der Waals surface area contributed by atoms with Gasteiger partial charge in [-0.15, -0.1) is 0 Å². The number of carbonyl (C=O) groups is 1. The van der Waals surface area contributed by atoms with Crippen molar-refractivity contribution in [2.75, 3.05) is 0 Å². The Bertz CT molecular complexity index is 1480. The second-order valence-corrected chi connectivity index (χ2v) is 7.07. The van der Waals surface area contributed by atoms with Gasteiger partial charge in [0.25, 0.3) is 0 Å². The van der Waals surface area contributed by atoms with E-state index >= 15 is 0 Å². The topological polar surface area (TPSA) is 60.4 Å². The highest BCUT2D eigenvalue weighted by molar-refractivity contribution is 6.20. The summed E-state index contributed by atoms with van der Waals surface area (Å²) in [6.07, 6.45) is 0. The number of furan rings is 1. The van der Waals surface area contributed by atoms with E-state index in [1.807, 2.05) is 13.0 Å².